The van der Waals surface area contributed by atoms with E-state index in [9.17, 15) is 0 Å². The molecular weight excluding hydrogens is 224 g/mol. The zero-order chi connectivity index (χ0) is 13.0. The summed E-state index contributed by atoms with van der Waals surface area (Å²) >= 11 is 0. The van der Waals surface area contributed by atoms with Gasteiger partial charge >= 0.3 is 0 Å². The van der Waals surface area contributed by atoms with Crippen molar-refractivity contribution in [2.75, 3.05) is 27.2 Å². The number of imidazole rings is 1. The summed E-state index contributed by atoms with van der Waals surface area (Å²) in [6, 6.07) is 6.53. The minimum atomic E-state index is 0.982. The molecule has 0 aliphatic rings. The third kappa shape index (κ3) is 3.09. The number of aryl methyl sites for hydroxylation is 1. The number of nitrogens with zero attached hydrogens (tertiary/aromatic N) is 3. The molecule has 1 aromatic carbocycles. The Morgan fingerprint density at radius 2 is 2.22 bits per heavy atom. The average molecular weight is 246 g/mol. The Morgan fingerprint density at radius 1 is 1.39 bits per heavy atom. The Kier molecular flexibility index (Phi) is 4.33. The van der Waals surface area contributed by atoms with Crippen molar-refractivity contribution in [3.8, 4) is 0 Å². The first-order valence-corrected chi connectivity index (χ1v) is 6.44. The molecule has 0 radical (unpaired) electrons. The largest absolute Gasteiger partial charge is 0.334 e. The highest BCUT2D eigenvalue weighted by molar-refractivity contribution is 5.75. The standard InChI is InChI=1S/C14H22N4/c1-15-7-4-8-17(2)10-12-5-6-14-13(9-12)16-11-18(14)3/h5-6,9,11,15H,4,7-8,10H2,1-3H3. The van der Waals surface area contributed by atoms with Crippen LogP contribution < -0.4 is 5.32 Å². The lowest BCUT2D eigenvalue weighted by Crippen LogP contribution is -2.22. The summed E-state index contributed by atoms with van der Waals surface area (Å²) in [5.74, 6) is 0. The van der Waals surface area contributed by atoms with Crippen LogP contribution in [0.25, 0.3) is 11.0 Å². The second-order valence-corrected chi connectivity index (χ2v) is 4.87. The molecule has 0 saturated heterocycles. The molecule has 4 heteroatoms. The molecule has 0 aliphatic heterocycles. The van der Waals surface area contributed by atoms with Crippen molar-refractivity contribution < 1.29 is 0 Å². The van der Waals surface area contributed by atoms with E-state index in [-0.39, 0.29) is 0 Å². The second kappa shape index (κ2) is 5.98. The summed E-state index contributed by atoms with van der Waals surface area (Å²) in [7, 11) is 6.19. The van der Waals surface area contributed by atoms with Crippen LogP contribution in [0.2, 0.25) is 0 Å². The fraction of sp³-hybridized carbons (Fsp3) is 0.500. The van der Waals surface area contributed by atoms with Crippen LogP contribution in [-0.4, -0.2) is 41.6 Å². The highest BCUT2D eigenvalue weighted by atomic mass is 15.1. The molecule has 98 valence electrons. The van der Waals surface area contributed by atoms with Crippen LogP contribution in [0, 0.1) is 0 Å². The van der Waals surface area contributed by atoms with Gasteiger partial charge < -0.3 is 14.8 Å². The van der Waals surface area contributed by atoms with E-state index in [0.29, 0.717) is 0 Å². The van der Waals surface area contributed by atoms with E-state index in [1.165, 1.54) is 17.5 Å². The summed E-state index contributed by atoms with van der Waals surface area (Å²) in [6.07, 6.45) is 3.05. The first-order valence-electron chi connectivity index (χ1n) is 6.44. The minimum Gasteiger partial charge on any atom is -0.334 e. The van der Waals surface area contributed by atoms with Crippen molar-refractivity contribution in [1.29, 1.82) is 0 Å². The fourth-order valence-electron chi connectivity index (χ4n) is 2.20. The predicted octanol–water partition coefficient (Wildman–Crippen LogP) is 1.61. The third-order valence-electron chi connectivity index (χ3n) is 3.21. The van der Waals surface area contributed by atoms with E-state index >= 15 is 0 Å². The maximum absolute atomic E-state index is 4.40. The van der Waals surface area contributed by atoms with Crippen molar-refractivity contribution >= 4 is 11.0 Å². The Hall–Kier alpha value is -1.39. The summed E-state index contributed by atoms with van der Waals surface area (Å²) in [5, 5.41) is 3.17. The van der Waals surface area contributed by atoms with E-state index in [0.717, 1.165) is 25.2 Å². The predicted molar refractivity (Wildman–Crippen MR) is 75.6 cm³/mol. The molecule has 0 aliphatic carbocycles. The van der Waals surface area contributed by atoms with Gasteiger partial charge in [0.05, 0.1) is 17.4 Å². The van der Waals surface area contributed by atoms with Crippen LogP contribution in [0.15, 0.2) is 24.5 Å². The lowest BCUT2D eigenvalue weighted by atomic mass is 10.2. The Morgan fingerprint density at radius 3 is 3.00 bits per heavy atom. The van der Waals surface area contributed by atoms with Gasteiger partial charge in [0.25, 0.3) is 0 Å². The number of hydrogen-bond donors (Lipinski definition) is 1. The van der Waals surface area contributed by atoms with E-state index < -0.39 is 0 Å². The first-order chi connectivity index (χ1) is 8.70. The van der Waals surface area contributed by atoms with Gasteiger partial charge in [0.2, 0.25) is 0 Å². The molecule has 2 rings (SSSR count). The van der Waals surface area contributed by atoms with Gasteiger partial charge in [-0.15, -0.1) is 0 Å². The number of nitrogens with one attached hydrogen (secondary N) is 1. The van der Waals surface area contributed by atoms with Crippen LogP contribution in [0.1, 0.15) is 12.0 Å². The molecule has 0 spiro atoms. The number of hydrogen-bond acceptors (Lipinski definition) is 3. The van der Waals surface area contributed by atoms with Gasteiger partial charge in [-0.1, -0.05) is 6.07 Å². The van der Waals surface area contributed by atoms with Crippen LogP contribution in [0.5, 0.6) is 0 Å². The Balaban J connectivity index is 1.98. The van der Waals surface area contributed by atoms with Crippen LogP contribution in [-0.2, 0) is 13.6 Å². The van der Waals surface area contributed by atoms with Crippen molar-refractivity contribution in [1.82, 2.24) is 19.8 Å². The molecule has 4 nitrogen and oxygen atoms in total. The quantitative estimate of drug-likeness (QED) is 0.786. The SMILES string of the molecule is CNCCCN(C)Cc1ccc2c(c1)ncn2C. The van der Waals surface area contributed by atoms with Crippen molar-refractivity contribution in [3.63, 3.8) is 0 Å². The molecule has 0 amide bonds. The van der Waals surface area contributed by atoms with Crippen molar-refractivity contribution in [2.45, 2.75) is 13.0 Å². The number of fused-ring (bicyclic) bond motifs is 1. The summed E-state index contributed by atoms with van der Waals surface area (Å²) in [5.41, 5.74) is 3.60. The topological polar surface area (TPSA) is 33.1 Å². The third-order valence-corrected chi connectivity index (χ3v) is 3.21. The van der Waals surface area contributed by atoms with Crippen LogP contribution in [0.3, 0.4) is 0 Å². The molecule has 1 heterocycles. The van der Waals surface area contributed by atoms with E-state index in [1.807, 2.05) is 20.4 Å². The van der Waals surface area contributed by atoms with Crippen molar-refractivity contribution in [3.05, 3.63) is 30.1 Å². The smallest absolute Gasteiger partial charge is 0.0955 e. The normalized spacial score (nSPS) is 11.6. The number of rotatable bonds is 6. The second-order valence-electron chi connectivity index (χ2n) is 4.87. The van der Waals surface area contributed by atoms with E-state index in [1.54, 1.807) is 0 Å². The van der Waals surface area contributed by atoms with E-state index in [4.69, 9.17) is 0 Å². The number of benzene rings is 1. The molecule has 0 bridgehead atoms. The van der Waals surface area contributed by atoms with Crippen LogP contribution >= 0.6 is 0 Å². The molecule has 1 N–H and O–H groups in total. The molecule has 2 aromatic rings. The lowest BCUT2D eigenvalue weighted by molar-refractivity contribution is 0.321. The highest BCUT2D eigenvalue weighted by Crippen LogP contribution is 2.14. The maximum Gasteiger partial charge on any atom is 0.0955 e. The lowest BCUT2D eigenvalue weighted by Gasteiger charge is -2.16. The molecular formula is C14H22N4. The van der Waals surface area contributed by atoms with Crippen LogP contribution in [0.4, 0.5) is 0 Å². The van der Waals surface area contributed by atoms with Gasteiger partial charge in [-0.3, -0.25) is 0 Å². The Labute approximate surface area is 109 Å². The molecule has 1 aromatic heterocycles. The monoisotopic (exact) mass is 246 g/mol. The summed E-state index contributed by atoms with van der Waals surface area (Å²) in [6.45, 7) is 3.17. The van der Waals surface area contributed by atoms with Crippen molar-refractivity contribution in [2.24, 2.45) is 7.05 Å². The Bertz CT molecular complexity index is 503. The first kappa shape index (κ1) is 13.1. The van der Waals surface area contributed by atoms with Gasteiger partial charge in [-0.05, 0) is 51.3 Å². The fourth-order valence-corrected chi connectivity index (χ4v) is 2.20. The molecule has 0 saturated carbocycles. The van der Waals surface area contributed by atoms with Gasteiger partial charge in [0, 0.05) is 13.6 Å². The maximum atomic E-state index is 4.40. The molecule has 0 unspecified atom stereocenters. The molecule has 0 atom stereocenters. The van der Waals surface area contributed by atoms with Gasteiger partial charge in [-0.25, -0.2) is 4.98 Å². The molecule has 18 heavy (non-hydrogen) atoms. The zero-order valence-electron chi connectivity index (χ0n) is 11.5. The van der Waals surface area contributed by atoms with Gasteiger partial charge in [0.15, 0.2) is 0 Å². The zero-order valence-corrected chi connectivity index (χ0v) is 11.5. The van der Waals surface area contributed by atoms with Gasteiger partial charge in [0.1, 0.15) is 0 Å². The molecule has 0 fully saturated rings. The summed E-state index contributed by atoms with van der Waals surface area (Å²) in [4.78, 5) is 6.74. The number of aromatic nitrogens is 2. The van der Waals surface area contributed by atoms with Gasteiger partial charge in [-0.2, -0.15) is 0 Å². The minimum absolute atomic E-state index is 0.982. The highest BCUT2D eigenvalue weighted by Gasteiger charge is 2.03. The summed E-state index contributed by atoms with van der Waals surface area (Å²) < 4.78 is 2.05. The van der Waals surface area contributed by atoms with E-state index in [2.05, 4.69) is 45.0 Å². The average Bonchev–Trinajstić information content (AvgIpc) is 2.71.